The molecule has 6 aliphatic carbocycles. The van der Waals surface area contributed by atoms with Crippen molar-refractivity contribution in [2.75, 3.05) is 0 Å². The van der Waals surface area contributed by atoms with Crippen molar-refractivity contribution in [1.82, 2.24) is 0 Å². The lowest BCUT2D eigenvalue weighted by molar-refractivity contribution is -0.145. The van der Waals surface area contributed by atoms with Crippen LogP contribution in [-0.4, -0.2) is 126 Å². The summed E-state index contributed by atoms with van der Waals surface area (Å²) in [6.07, 6.45) is 5.94. The van der Waals surface area contributed by atoms with Crippen LogP contribution in [0, 0.1) is 85.8 Å². The SMILES string of the molecule is CCC(C)(C)C1C(F)C(F)C(O)C(F)C1F.CCC(C)(C)C1C(O)CC(O)CC1O.CCC(C)(C)C1CC(C)C(O)C(C)C1.CCC(C)(C)C1CCC(O)C(C)C1.CCC(C)(C)C1CCC(O)C(O)C1.CCC(C)(C)C1CCCC(O)C1. The van der Waals surface area contributed by atoms with Gasteiger partial charge in [-0.2, -0.15) is 0 Å². The van der Waals surface area contributed by atoms with Crippen molar-refractivity contribution in [3.63, 3.8) is 0 Å². The molecule has 13 heteroatoms. The Balaban J connectivity index is 0.000000493. The third kappa shape index (κ3) is 23.1. The summed E-state index contributed by atoms with van der Waals surface area (Å²) in [5.74, 6) is 2.91. The van der Waals surface area contributed by atoms with E-state index in [1.165, 1.54) is 57.8 Å². The van der Waals surface area contributed by atoms with Crippen LogP contribution in [0.5, 0.6) is 0 Å². The summed E-state index contributed by atoms with van der Waals surface area (Å²) in [4.78, 5) is 0. The maximum atomic E-state index is 13.7. The molecule has 9 N–H and O–H groups in total. The minimum atomic E-state index is -2.35. The first-order chi connectivity index (χ1) is 37.5. The van der Waals surface area contributed by atoms with Gasteiger partial charge in [-0.15, -0.1) is 0 Å². The highest BCUT2D eigenvalue weighted by Crippen LogP contribution is 2.48. The summed E-state index contributed by atoms with van der Waals surface area (Å²) >= 11 is 0. The summed E-state index contributed by atoms with van der Waals surface area (Å²) in [7, 11) is 0. The molecule has 6 fully saturated rings. The van der Waals surface area contributed by atoms with Gasteiger partial charge in [-0.3, -0.25) is 0 Å². The second-order valence-electron chi connectivity index (χ2n) is 31.5. The van der Waals surface area contributed by atoms with E-state index in [2.05, 4.69) is 125 Å². The molecule has 16 atom stereocenters. The average Bonchev–Trinajstić information content (AvgIpc) is 3.57. The van der Waals surface area contributed by atoms with Gasteiger partial charge in [0.15, 0.2) is 12.3 Å². The van der Waals surface area contributed by atoms with Crippen LogP contribution in [0.1, 0.15) is 274 Å². The quantitative estimate of drug-likeness (QED) is 0.0859. The van der Waals surface area contributed by atoms with Gasteiger partial charge in [-0.05, 0) is 157 Å². The number of hydrogen-bond donors (Lipinski definition) is 9. The molecule has 492 valence electrons. The maximum absolute atomic E-state index is 13.7. The third-order valence-electron chi connectivity index (χ3n) is 23.5. The maximum Gasteiger partial charge on any atom is 0.160 e. The minimum absolute atomic E-state index is 0.0189. The number of rotatable bonds is 12. The van der Waals surface area contributed by atoms with Gasteiger partial charge in [0.25, 0.3) is 0 Å². The zero-order chi connectivity index (χ0) is 63.8. The highest BCUT2D eigenvalue weighted by molar-refractivity contribution is 5.04. The Kier molecular flexibility index (Phi) is 33.3. The Labute approximate surface area is 500 Å². The molecule has 0 aromatic rings. The number of hydrogen-bond acceptors (Lipinski definition) is 9. The number of aliphatic hydroxyl groups excluding tert-OH is 9. The van der Waals surface area contributed by atoms with Gasteiger partial charge < -0.3 is 46.0 Å². The Bertz CT molecular complexity index is 1650. The molecule has 0 spiro atoms. The normalized spacial score (nSPS) is 38.7. The summed E-state index contributed by atoms with van der Waals surface area (Å²) < 4.78 is 53.9. The minimum Gasteiger partial charge on any atom is -0.393 e. The van der Waals surface area contributed by atoms with Crippen molar-refractivity contribution in [2.24, 2.45) is 85.8 Å². The van der Waals surface area contributed by atoms with E-state index in [0.717, 1.165) is 69.1 Å². The van der Waals surface area contributed by atoms with E-state index >= 15 is 0 Å². The van der Waals surface area contributed by atoms with Gasteiger partial charge in [0.05, 0.1) is 48.8 Å². The molecule has 6 rings (SSSR count). The van der Waals surface area contributed by atoms with Gasteiger partial charge >= 0.3 is 0 Å². The fraction of sp³-hybridized carbons (Fsp3) is 1.00. The lowest BCUT2D eigenvalue weighted by Gasteiger charge is -2.44. The van der Waals surface area contributed by atoms with Crippen molar-refractivity contribution in [3.05, 3.63) is 0 Å². The molecule has 0 saturated heterocycles. The largest absolute Gasteiger partial charge is 0.393 e. The standard InChI is InChI=1S/C13H26O.C12H24O.C11H18F4O.C11H22O3.C11H22O2.C11H22O/c1-6-13(4,5)11-7-9(2)12(14)10(3)8-11;1-5-12(3,4)10-6-7-11(13)9(2)8-10;1-4-11(2,3)5-6(12)8(14)10(16)9(15)7(5)13;1-4-11(2,3)10-8(13)5-7(12)6-9(10)14;1-4-11(2,3)8-5-6-9(12)10(13)7-8;1-4-11(2,3)9-6-5-7-10(12)8-9/h9-12,14H,6-8H2,1-5H3;9-11,13H,5-8H2,1-4H3;5-10,16H,4H2,1-3H3;7-10,12-14H,4-6H2,1-3H3;8-10,12-13H,4-7H2,1-3H3;9-10,12H,4-8H2,1-3H3. The van der Waals surface area contributed by atoms with E-state index in [1.807, 2.05) is 0 Å². The Morgan fingerprint density at radius 1 is 0.293 bits per heavy atom. The van der Waals surface area contributed by atoms with Crippen molar-refractivity contribution in [2.45, 2.75) is 353 Å². The molecule has 0 aromatic heterocycles. The molecule has 0 radical (unpaired) electrons. The van der Waals surface area contributed by atoms with E-state index in [9.17, 15) is 58.4 Å². The lowest BCUT2D eigenvalue weighted by Crippen LogP contribution is -2.58. The van der Waals surface area contributed by atoms with Crippen LogP contribution in [0.25, 0.3) is 0 Å². The predicted molar refractivity (Wildman–Crippen MR) is 331 cm³/mol. The molecule has 0 heterocycles. The van der Waals surface area contributed by atoms with Crippen LogP contribution < -0.4 is 0 Å². The Morgan fingerprint density at radius 2 is 0.634 bits per heavy atom. The van der Waals surface area contributed by atoms with E-state index < -0.39 is 72.6 Å². The zero-order valence-corrected chi connectivity index (χ0v) is 56.4. The van der Waals surface area contributed by atoms with Gasteiger partial charge in [0, 0.05) is 11.8 Å². The average molecular weight is 1180 g/mol. The smallest absolute Gasteiger partial charge is 0.160 e. The highest BCUT2D eigenvalue weighted by Gasteiger charge is 2.56. The summed E-state index contributed by atoms with van der Waals surface area (Å²) in [6.45, 7) is 45.2. The molecular weight excluding hydrogens is 1050 g/mol. The molecule has 0 bridgehead atoms. The third-order valence-corrected chi connectivity index (χ3v) is 23.5. The molecule has 6 saturated carbocycles. The highest BCUT2D eigenvalue weighted by atomic mass is 19.2. The van der Waals surface area contributed by atoms with Gasteiger partial charge in [-0.1, -0.05) is 190 Å². The van der Waals surface area contributed by atoms with Crippen LogP contribution in [0.15, 0.2) is 0 Å². The van der Waals surface area contributed by atoms with E-state index in [0.29, 0.717) is 64.6 Å². The van der Waals surface area contributed by atoms with Crippen molar-refractivity contribution in [3.8, 4) is 0 Å². The van der Waals surface area contributed by atoms with Crippen LogP contribution in [0.3, 0.4) is 0 Å². The number of halogens is 4. The van der Waals surface area contributed by atoms with Crippen molar-refractivity contribution >= 4 is 0 Å². The molecule has 9 nitrogen and oxygen atoms in total. The summed E-state index contributed by atoms with van der Waals surface area (Å²) in [6, 6.07) is 0. The van der Waals surface area contributed by atoms with Crippen LogP contribution in [-0.2, 0) is 0 Å². The first-order valence-electron chi connectivity index (χ1n) is 33.2. The first kappa shape index (κ1) is 79.4. The molecule has 16 unspecified atom stereocenters. The Hall–Kier alpha value is -0.640. The topological polar surface area (TPSA) is 182 Å². The summed E-state index contributed by atoms with van der Waals surface area (Å²) in [5.41, 5.74) is 0.742. The van der Waals surface area contributed by atoms with E-state index in [-0.39, 0.29) is 29.6 Å². The second kappa shape index (κ2) is 34.4. The van der Waals surface area contributed by atoms with Gasteiger partial charge in [0.1, 0.15) is 18.4 Å². The number of alkyl halides is 4. The molecule has 0 amide bonds. The fourth-order valence-electron chi connectivity index (χ4n) is 14.1. The van der Waals surface area contributed by atoms with E-state index in [1.54, 1.807) is 20.8 Å². The lowest BCUT2D eigenvalue weighted by atomic mass is 9.64. The first-order valence-corrected chi connectivity index (χ1v) is 33.2. The predicted octanol–water partition coefficient (Wildman–Crippen LogP) is 15.3. The van der Waals surface area contributed by atoms with Crippen molar-refractivity contribution in [1.29, 1.82) is 0 Å². The van der Waals surface area contributed by atoms with Crippen molar-refractivity contribution < 1.29 is 63.5 Å². The molecular formula is C69H134F4O9. The monoisotopic (exact) mass is 1180 g/mol. The van der Waals surface area contributed by atoms with Crippen LogP contribution in [0.2, 0.25) is 0 Å². The molecule has 0 aromatic carbocycles. The van der Waals surface area contributed by atoms with Crippen LogP contribution >= 0.6 is 0 Å². The fourth-order valence-corrected chi connectivity index (χ4v) is 14.1. The molecule has 6 aliphatic rings. The van der Waals surface area contributed by atoms with Gasteiger partial charge in [0.2, 0.25) is 0 Å². The molecule has 0 aliphatic heterocycles. The molecule has 82 heavy (non-hydrogen) atoms. The second-order valence-corrected chi connectivity index (χ2v) is 31.5. The zero-order valence-electron chi connectivity index (χ0n) is 56.4. The Morgan fingerprint density at radius 3 is 1.00 bits per heavy atom. The van der Waals surface area contributed by atoms with Gasteiger partial charge in [-0.25, -0.2) is 17.6 Å². The summed E-state index contributed by atoms with van der Waals surface area (Å²) in [5, 5.41) is 86.1. The van der Waals surface area contributed by atoms with Crippen LogP contribution in [0.4, 0.5) is 17.6 Å². The van der Waals surface area contributed by atoms with E-state index in [4.69, 9.17) is 5.11 Å². The number of aliphatic hydroxyl groups is 9.